The van der Waals surface area contributed by atoms with Gasteiger partial charge in [0.2, 0.25) is 0 Å². The third kappa shape index (κ3) is 2.53. The molecule has 0 atom stereocenters. The van der Waals surface area contributed by atoms with Gasteiger partial charge in [0.05, 0.1) is 5.69 Å². The van der Waals surface area contributed by atoms with Crippen LogP contribution in [0.15, 0.2) is 35.7 Å². The van der Waals surface area contributed by atoms with Crippen LogP contribution in [0.3, 0.4) is 0 Å². The van der Waals surface area contributed by atoms with Gasteiger partial charge < -0.3 is 0 Å². The van der Waals surface area contributed by atoms with E-state index in [-0.39, 0.29) is 0 Å². The van der Waals surface area contributed by atoms with Gasteiger partial charge in [-0.05, 0) is 63.3 Å². The van der Waals surface area contributed by atoms with Crippen molar-refractivity contribution < 1.29 is 0 Å². The second kappa shape index (κ2) is 5.67. The van der Waals surface area contributed by atoms with Crippen molar-refractivity contribution in [3.63, 3.8) is 0 Å². The summed E-state index contributed by atoms with van der Waals surface area (Å²) in [5.74, 6) is 3.03. The largest absolute Gasteiger partial charge is 0.295 e. The Kier molecular flexibility index (Phi) is 3.57. The molecule has 0 unspecified atom stereocenters. The van der Waals surface area contributed by atoms with Gasteiger partial charge in [-0.1, -0.05) is 30.3 Å². The lowest BCUT2D eigenvalue weighted by Crippen LogP contribution is -2.58. The molecule has 4 aliphatic carbocycles. The van der Waals surface area contributed by atoms with Crippen LogP contribution >= 0.6 is 11.3 Å². The Morgan fingerprint density at radius 2 is 1.67 bits per heavy atom. The molecule has 1 aromatic heterocycles. The fourth-order valence-electron chi connectivity index (χ4n) is 6.04. The summed E-state index contributed by atoms with van der Waals surface area (Å²) in [4.78, 5) is 7.59. The van der Waals surface area contributed by atoms with Crippen LogP contribution < -0.4 is 0 Å². The van der Waals surface area contributed by atoms with Crippen molar-refractivity contribution in [2.75, 3.05) is 7.05 Å². The first-order chi connectivity index (χ1) is 11.7. The van der Waals surface area contributed by atoms with E-state index in [2.05, 4.69) is 47.7 Å². The number of hydrogen-bond donors (Lipinski definition) is 0. The Bertz CT molecular complexity index is 685. The van der Waals surface area contributed by atoms with E-state index in [1.165, 1.54) is 49.8 Å². The fraction of sp³-hybridized carbons (Fsp3) is 0.571. The molecule has 6 rings (SSSR count). The summed E-state index contributed by atoms with van der Waals surface area (Å²) in [5.41, 5.74) is 2.97. The van der Waals surface area contributed by atoms with Gasteiger partial charge in [0.25, 0.3) is 0 Å². The topological polar surface area (TPSA) is 16.1 Å². The second-order valence-corrected chi connectivity index (χ2v) is 9.37. The van der Waals surface area contributed by atoms with E-state index < -0.39 is 0 Å². The number of rotatable bonds is 4. The van der Waals surface area contributed by atoms with Gasteiger partial charge in [0.1, 0.15) is 5.01 Å². The second-order valence-electron chi connectivity index (χ2n) is 8.51. The number of aromatic nitrogens is 1. The van der Waals surface area contributed by atoms with Gasteiger partial charge in [-0.3, -0.25) is 4.90 Å². The number of nitrogens with zero attached hydrogens (tertiary/aromatic N) is 2. The maximum atomic E-state index is 4.92. The van der Waals surface area contributed by atoms with Gasteiger partial charge in [0.15, 0.2) is 0 Å². The Morgan fingerprint density at radius 1 is 1.04 bits per heavy atom. The van der Waals surface area contributed by atoms with Gasteiger partial charge in [-0.2, -0.15) is 0 Å². The van der Waals surface area contributed by atoms with Crippen LogP contribution in [0.4, 0.5) is 0 Å². The molecule has 4 bridgehead atoms. The summed E-state index contributed by atoms with van der Waals surface area (Å²) in [7, 11) is 2.36. The molecule has 4 saturated carbocycles. The van der Waals surface area contributed by atoms with Crippen molar-refractivity contribution in [1.29, 1.82) is 0 Å². The highest BCUT2D eigenvalue weighted by atomic mass is 32.1. The van der Waals surface area contributed by atoms with E-state index in [4.69, 9.17) is 4.98 Å². The van der Waals surface area contributed by atoms with E-state index in [9.17, 15) is 0 Å². The van der Waals surface area contributed by atoms with Crippen molar-refractivity contribution >= 4 is 11.3 Å². The van der Waals surface area contributed by atoms with Crippen molar-refractivity contribution in [3.8, 4) is 10.6 Å². The van der Waals surface area contributed by atoms with Crippen molar-refractivity contribution in [1.82, 2.24) is 9.88 Å². The Labute approximate surface area is 148 Å². The monoisotopic (exact) mass is 338 g/mol. The molecule has 1 heterocycles. The van der Waals surface area contributed by atoms with E-state index in [1.807, 2.05) is 0 Å². The maximum absolute atomic E-state index is 4.92. The Balaban J connectivity index is 1.34. The Morgan fingerprint density at radius 3 is 2.29 bits per heavy atom. The van der Waals surface area contributed by atoms with Crippen LogP contribution in [0, 0.1) is 17.8 Å². The normalized spacial score (nSPS) is 34.2. The first kappa shape index (κ1) is 15.1. The first-order valence-electron chi connectivity index (χ1n) is 9.41. The zero-order valence-electron chi connectivity index (χ0n) is 14.4. The van der Waals surface area contributed by atoms with Gasteiger partial charge in [0, 0.05) is 23.0 Å². The molecular formula is C21H26N2S. The molecule has 24 heavy (non-hydrogen) atoms. The molecule has 0 aliphatic heterocycles. The molecule has 0 spiro atoms. The van der Waals surface area contributed by atoms with Crippen LogP contribution in [0.2, 0.25) is 0 Å². The molecule has 0 N–H and O–H groups in total. The molecular weight excluding hydrogens is 312 g/mol. The van der Waals surface area contributed by atoms with E-state index in [0.29, 0.717) is 5.54 Å². The summed E-state index contributed by atoms with van der Waals surface area (Å²) < 4.78 is 0. The lowest BCUT2D eigenvalue weighted by Gasteiger charge is -2.60. The van der Waals surface area contributed by atoms with Gasteiger partial charge in [-0.15, -0.1) is 11.3 Å². The first-order valence-corrected chi connectivity index (χ1v) is 10.3. The number of hydrogen-bond acceptors (Lipinski definition) is 3. The zero-order valence-corrected chi connectivity index (χ0v) is 15.3. The fourth-order valence-corrected chi connectivity index (χ4v) is 6.85. The third-order valence-corrected chi connectivity index (χ3v) is 7.73. The van der Waals surface area contributed by atoms with Crippen molar-refractivity contribution in [2.45, 2.75) is 50.6 Å². The average molecular weight is 339 g/mol. The van der Waals surface area contributed by atoms with Gasteiger partial charge in [-0.25, -0.2) is 4.98 Å². The lowest BCUT2D eigenvalue weighted by atomic mass is 9.52. The molecule has 4 aliphatic rings. The van der Waals surface area contributed by atoms with Gasteiger partial charge >= 0.3 is 0 Å². The van der Waals surface area contributed by atoms with Crippen LogP contribution in [0.1, 0.15) is 44.2 Å². The zero-order chi connectivity index (χ0) is 16.1. The van der Waals surface area contributed by atoms with Crippen LogP contribution in [0.25, 0.3) is 10.6 Å². The van der Waals surface area contributed by atoms with E-state index in [1.54, 1.807) is 11.3 Å². The highest BCUT2D eigenvalue weighted by Gasteiger charge is 2.52. The summed E-state index contributed by atoms with van der Waals surface area (Å²) in [6, 6.07) is 10.6. The SMILES string of the molecule is CN(Cc1csc(-c2ccccc2)n1)C12CC3CC(CC(C3)C1)C2. The summed E-state index contributed by atoms with van der Waals surface area (Å²) in [6.45, 7) is 1.01. The number of benzene rings is 1. The Hall–Kier alpha value is -1.19. The predicted molar refractivity (Wildman–Crippen MR) is 99.9 cm³/mol. The third-order valence-electron chi connectivity index (χ3n) is 6.79. The molecule has 2 aromatic rings. The molecule has 1 aromatic carbocycles. The highest BCUT2D eigenvalue weighted by molar-refractivity contribution is 7.13. The van der Waals surface area contributed by atoms with Crippen LogP contribution in [-0.2, 0) is 6.54 Å². The summed E-state index contributed by atoms with van der Waals surface area (Å²) in [6.07, 6.45) is 8.85. The van der Waals surface area contributed by atoms with Crippen molar-refractivity contribution in [3.05, 3.63) is 41.4 Å². The summed E-state index contributed by atoms with van der Waals surface area (Å²) in [5, 5.41) is 3.42. The predicted octanol–water partition coefficient (Wildman–Crippen LogP) is 5.21. The number of thiazole rings is 1. The average Bonchev–Trinajstić information content (AvgIpc) is 3.03. The molecule has 0 radical (unpaired) electrons. The van der Waals surface area contributed by atoms with E-state index >= 15 is 0 Å². The van der Waals surface area contributed by atoms with Crippen LogP contribution in [0.5, 0.6) is 0 Å². The quantitative estimate of drug-likeness (QED) is 0.760. The molecule has 0 amide bonds. The van der Waals surface area contributed by atoms with Crippen molar-refractivity contribution in [2.24, 2.45) is 17.8 Å². The van der Waals surface area contributed by atoms with Crippen LogP contribution in [-0.4, -0.2) is 22.5 Å². The standard InChI is InChI=1S/C21H26N2S/c1-23(21-10-15-7-16(11-21)9-17(8-15)12-21)13-19-14-24-20(22-19)18-5-3-2-4-6-18/h2-6,14-17H,7-13H2,1H3. The summed E-state index contributed by atoms with van der Waals surface area (Å²) >= 11 is 1.78. The molecule has 0 saturated heterocycles. The molecule has 3 heteroatoms. The molecule has 2 nitrogen and oxygen atoms in total. The van der Waals surface area contributed by atoms with E-state index in [0.717, 1.165) is 29.3 Å². The minimum atomic E-state index is 0.477. The highest BCUT2D eigenvalue weighted by Crippen LogP contribution is 2.57. The molecule has 126 valence electrons. The minimum absolute atomic E-state index is 0.477. The maximum Gasteiger partial charge on any atom is 0.123 e. The smallest absolute Gasteiger partial charge is 0.123 e. The molecule has 4 fully saturated rings. The lowest BCUT2D eigenvalue weighted by molar-refractivity contribution is -0.0824. The minimum Gasteiger partial charge on any atom is -0.295 e.